The van der Waals surface area contributed by atoms with Crippen molar-refractivity contribution in [3.05, 3.63) is 63.1 Å². The Morgan fingerprint density at radius 3 is 2.38 bits per heavy atom. The lowest BCUT2D eigenvalue weighted by molar-refractivity contribution is 0.300. The Hall–Kier alpha value is -1.22. The minimum atomic E-state index is 0.364. The van der Waals surface area contributed by atoms with Gasteiger partial charge in [0, 0.05) is 27.7 Å². The van der Waals surface area contributed by atoms with Gasteiger partial charge in [-0.05, 0) is 31.2 Å². The Kier molecular flexibility index (Phi) is 5.92. The molecule has 0 aromatic heterocycles. The van der Waals surface area contributed by atoms with Gasteiger partial charge in [-0.15, -0.1) is 0 Å². The van der Waals surface area contributed by atoms with Crippen LogP contribution in [-0.4, -0.2) is 6.54 Å². The summed E-state index contributed by atoms with van der Waals surface area (Å²) < 4.78 is 6.00. The van der Waals surface area contributed by atoms with E-state index in [9.17, 15) is 0 Å². The fraction of sp³-hybridized carbons (Fsp3) is 0.294. The zero-order chi connectivity index (χ0) is 15.2. The molecule has 0 saturated heterocycles. The van der Waals surface area contributed by atoms with Crippen LogP contribution in [-0.2, 0) is 13.2 Å². The first-order chi connectivity index (χ1) is 10.1. The Morgan fingerprint density at radius 1 is 1.05 bits per heavy atom. The number of nitrogens with one attached hydrogen (secondary N) is 1. The summed E-state index contributed by atoms with van der Waals surface area (Å²) in [6, 6.07) is 11.6. The van der Waals surface area contributed by atoms with Gasteiger partial charge in [0.2, 0.25) is 0 Å². The number of aryl methyl sites for hydroxylation is 1. The van der Waals surface area contributed by atoms with Crippen LogP contribution in [0.5, 0.6) is 5.75 Å². The Morgan fingerprint density at radius 2 is 1.71 bits per heavy atom. The molecule has 0 saturated carbocycles. The summed E-state index contributed by atoms with van der Waals surface area (Å²) in [5.41, 5.74) is 3.06. The van der Waals surface area contributed by atoms with Gasteiger partial charge in [-0.1, -0.05) is 54.4 Å². The van der Waals surface area contributed by atoms with E-state index in [2.05, 4.69) is 18.3 Å². The molecule has 0 unspecified atom stereocenters. The number of hydrogen-bond donors (Lipinski definition) is 1. The van der Waals surface area contributed by atoms with Gasteiger partial charge < -0.3 is 10.1 Å². The second-order valence-electron chi connectivity index (χ2n) is 4.83. The second kappa shape index (κ2) is 7.69. The monoisotopic (exact) mass is 323 g/mol. The molecule has 0 bridgehead atoms. The quantitative estimate of drug-likeness (QED) is 0.808. The molecular weight excluding hydrogens is 305 g/mol. The van der Waals surface area contributed by atoms with Crippen molar-refractivity contribution in [3.63, 3.8) is 0 Å². The normalized spacial score (nSPS) is 10.7. The van der Waals surface area contributed by atoms with E-state index < -0.39 is 0 Å². The van der Waals surface area contributed by atoms with Crippen LogP contribution in [0.1, 0.15) is 23.6 Å². The molecule has 2 aromatic carbocycles. The third-order valence-corrected chi connectivity index (χ3v) is 3.99. The smallest absolute Gasteiger partial charge is 0.127 e. The van der Waals surface area contributed by atoms with Gasteiger partial charge in [-0.3, -0.25) is 0 Å². The molecule has 2 aromatic rings. The van der Waals surface area contributed by atoms with Crippen LogP contribution < -0.4 is 10.1 Å². The van der Waals surface area contributed by atoms with Gasteiger partial charge in [0.1, 0.15) is 12.4 Å². The molecule has 1 N–H and O–H groups in total. The molecular formula is C17H19Cl2NO. The number of hydrogen-bond acceptors (Lipinski definition) is 2. The summed E-state index contributed by atoms with van der Waals surface area (Å²) in [6.45, 7) is 6.19. The number of ether oxygens (including phenoxy) is 1. The van der Waals surface area contributed by atoms with Crippen LogP contribution in [0.25, 0.3) is 0 Å². The highest BCUT2D eigenvalue weighted by Crippen LogP contribution is 2.28. The van der Waals surface area contributed by atoms with E-state index in [4.69, 9.17) is 27.9 Å². The van der Waals surface area contributed by atoms with Crippen LogP contribution in [0.15, 0.2) is 36.4 Å². The van der Waals surface area contributed by atoms with Crippen molar-refractivity contribution < 1.29 is 4.74 Å². The minimum Gasteiger partial charge on any atom is -0.488 e. The molecule has 0 radical (unpaired) electrons. The molecule has 0 fully saturated rings. The van der Waals surface area contributed by atoms with Crippen molar-refractivity contribution in [2.24, 2.45) is 0 Å². The average Bonchev–Trinajstić information content (AvgIpc) is 2.46. The van der Waals surface area contributed by atoms with Crippen molar-refractivity contribution in [1.82, 2.24) is 5.32 Å². The third kappa shape index (κ3) is 4.13. The maximum absolute atomic E-state index is 6.18. The van der Waals surface area contributed by atoms with Crippen LogP contribution in [0.2, 0.25) is 10.0 Å². The fourth-order valence-electron chi connectivity index (χ4n) is 2.13. The standard InChI is InChI=1S/C17H19Cl2NO/c1-3-20-10-13-7-4-6-12(2)17(13)21-11-14-15(18)8-5-9-16(14)19/h4-9,20H,3,10-11H2,1-2H3. The molecule has 112 valence electrons. The highest BCUT2D eigenvalue weighted by Gasteiger charge is 2.10. The maximum atomic E-state index is 6.18. The lowest BCUT2D eigenvalue weighted by Gasteiger charge is -2.15. The molecule has 0 spiro atoms. The van der Waals surface area contributed by atoms with Gasteiger partial charge in [-0.25, -0.2) is 0 Å². The predicted octanol–water partition coefficient (Wildman–Crippen LogP) is 4.99. The topological polar surface area (TPSA) is 21.3 Å². The summed E-state index contributed by atoms with van der Waals surface area (Å²) in [7, 11) is 0. The first-order valence-electron chi connectivity index (χ1n) is 6.98. The molecule has 0 heterocycles. The van der Waals surface area contributed by atoms with Gasteiger partial charge >= 0.3 is 0 Å². The number of halogens is 2. The number of benzene rings is 2. The zero-order valence-corrected chi connectivity index (χ0v) is 13.8. The summed E-state index contributed by atoms with van der Waals surface area (Å²) >= 11 is 12.4. The second-order valence-corrected chi connectivity index (χ2v) is 5.65. The van der Waals surface area contributed by atoms with Crippen LogP contribution in [0.3, 0.4) is 0 Å². The van der Waals surface area contributed by atoms with Crippen LogP contribution in [0.4, 0.5) is 0 Å². The van der Waals surface area contributed by atoms with E-state index in [-0.39, 0.29) is 0 Å². The minimum absolute atomic E-state index is 0.364. The van der Waals surface area contributed by atoms with E-state index in [1.54, 1.807) is 0 Å². The Labute approximate surface area is 136 Å². The summed E-state index contributed by atoms with van der Waals surface area (Å²) in [6.07, 6.45) is 0. The molecule has 0 amide bonds. The van der Waals surface area contributed by atoms with E-state index >= 15 is 0 Å². The molecule has 0 atom stereocenters. The Bertz CT molecular complexity index is 593. The van der Waals surface area contributed by atoms with Crippen molar-refractivity contribution in [3.8, 4) is 5.75 Å². The lowest BCUT2D eigenvalue weighted by atomic mass is 10.1. The van der Waals surface area contributed by atoms with Gasteiger partial charge in [0.25, 0.3) is 0 Å². The summed E-state index contributed by atoms with van der Waals surface area (Å²) in [5, 5.41) is 4.58. The van der Waals surface area contributed by atoms with E-state index in [0.717, 1.165) is 35.5 Å². The third-order valence-electron chi connectivity index (χ3n) is 3.28. The van der Waals surface area contributed by atoms with Crippen molar-refractivity contribution >= 4 is 23.2 Å². The molecule has 0 aliphatic rings. The van der Waals surface area contributed by atoms with E-state index in [1.807, 2.05) is 37.3 Å². The molecule has 21 heavy (non-hydrogen) atoms. The largest absolute Gasteiger partial charge is 0.488 e. The highest BCUT2D eigenvalue weighted by molar-refractivity contribution is 6.35. The SMILES string of the molecule is CCNCc1cccc(C)c1OCc1c(Cl)cccc1Cl. The summed E-state index contributed by atoms with van der Waals surface area (Å²) in [4.78, 5) is 0. The Balaban J connectivity index is 2.19. The van der Waals surface area contributed by atoms with Crippen LogP contribution >= 0.6 is 23.2 Å². The van der Waals surface area contributed by atoms with Gasteiger partial charge in [0.15, 0.2) is 0 Å². The van der Waals surface area contributed by atoms with Crippen molar-refractivity contribution in [1.29, 1.82) is 0 Å². The number of rotatable bonds is 6. The summed E-state index contributed by atoms with van der Waals surface area (Å²) in [5.74, 6) is 0.898. The molecule has 0 aliphatic heterocycles. The molecule has 4 heteroatoms. The molecule has 0 aliphatic carbocycles. The predicted molar refractivity (Wildman–Crippen MR) is 89.4 cm³/mol. The average molecular weight is 324 g/mol. The lowest BCUT2D eigenvalue weighted by Crippen LogP contribution is -2.13. The van der Waals surface area contributed by atoms with Crippen molar-refractivity contribution in [2.45, 2.75) is 27.0 Å². The van der Waals surface area contributed by atoms with E-state index in [1.165, 1.54) is 0 Å². The fourth-order valence-corrected chi connectivity index (χ4v) is 2.64. The van der Waals surface area contributed by atoms with Crippen LogP contribution in [0, 0.1) is 6.92 Å². The van der Waals surface area contributed by atoms with E-state index in [0.29, 0.717) is 16.7 Å². The first-order valence-corrected chi connectivity index (χ1v) is 7.74. The highest BCUT2D eigenvalue weighted by atomic mass is 35.5. The van der Waals surface area contributed by atoms with Gasteiger partial charge in [-0.2, -0.15) is 0 Å². The molecule has 2 rings (SSSR count). The number of para-hydroxylation sites is 1. The van der Waals surface area contributed by atoms with Gasteiger partial charge in [0.05, 0.1) is 0 Å². The maximum Gasteiger partial charge on any atom is 0.127 e. The zero-order valence-electron chi connectivity index (χ0n) is 12.2. The molecule has 2 nitrogen and oxygen atoms in total. The first kappa shape index (κ1) is 16.2. The van der Waals surface area contributed by atoms with Crippen molar-refractivity contribution in [2.75, 3.05) is 6.54 Å².